The average molecular weight is 295 g/mol. The van der Waals surface area contributed by atoms with E-state index in [-0.39, 0.29) is 12.6 Å². The zero-order valence-electron chi connectivity index (χ0n) is 12.2. The van der Waals surface area contributed by atoms with Gasteiger partial charge in [-0.2, -0.15) is 0 Å². The molecule has 0 radical (unpaired) electrons. The minimum absolute atomic E-state index is 0.0879. The van der Waals surface area contributed by atoms with Gasteiger partial charge < -0.3 is 18.9 Å². The van der Waals surface area contributed by atoms with E-state index in [0.29, 0.717) is 12.4 Å². The lowest BCUT2D eigenvalue weighted by Gasteiger charge is -2.26. The minimum Gasteiger partial charge on any atom is -0.497 e. The predicted octanol–water partition coefficient (Wildman–Crippen LogP) is 0.949. The first-order valence-electron chi connectivity index (χ1n) is 7.00. The summed E-state index contributed by atoms with van der Waals surface area (Å²) in [6.07, 6.45) is 0. The monoisotopic (exact) mass is 295 g/mol. The molecule has 0 amide bonds. The number of esters is 1. The van der Waals surface area contributed by atoms with Crippen molar-refractivity contribution in [3.63, 3.8) is 0 Å². The fourth-order valence-corrected chi connectivity index (χ4v) is 1.97. The van der Waals surface area contributed by atoms with E-state index in [1.807, 2.05) is 0 Å². The van der Waals surface area contributed by atoms with Gasteiger partial charge in [-0.1, -0.05) is 0 Å². The second-order valence-electron chi connectivity index (χ2n) is 4.64. The Hall–Kier alpha value is -1.79. The van der Waals surface area contributed by atoms with Gasteiger partial charge in [0.05, 0.1) is 20.3 Å². The van der Waals surface area contributed by atoms with Crippen LogP contribution in [-0.2, 0) is 14.3 Å². The van der Waals surface area contributed by atoms with Gasteiger partial charge in [-0.3, -0.25) is 4.90 Å². The second kappa shape index (κ2) is 8.49. The second-order valence-corrected chi connectivity index (χ2v) is 4.64. The Labute approximate surface area is 124 Å². The lowest BCUT2D eigenvalue weighted by Crippen LogP contribution is -2.38. The molecule has 2 rings (SSSR count). The van der Waals surface area contributed by atoms with E-state index in [2.05, 4.69) is 4.90 Å². The van der Waals surface area contributed by atoms with Crippen molar-refractivity contribution in [2.45, 2.75) is 0 Å². The molecule has 1 aliphatic heterocycles. The molecule has 1 saturated heterocycles. The first-order valence-corrected chi connectivity index (χ1v) is 7.00. The van der Waals surface area contributed by atoms with Gasteiger partial charge in [-0.15, -0.1) is 0 Å². The standard InChI is InChI=1S/C15H21NO5/c1-18-13-2-4-14(5-3-13)21-12-15(17)20-11-8-16-6-9-19-10-7-16/h2-5H,6-12H2,1H3. The van der Waals surface area contributed by atoms with E-state index in [1.54, 1.807) is 31.4 Å². The van der Waals surface area contributed by atoms with E-state index in [1.165, 1.54) is 0 Å². The van der Waals surface area contributed by atoms with E-state index in [4.69, 9.17) is 18.9 Å². The topological polar surface area (TPSA) is 57.2 Å². The Morgan fingerprint density at radius 1 is 1.19 bits per heavy atom. The number of carbonyl (C=O) groups is 1. The molecule has 0 saturated carbocycles. The summed E-state index contributed by atoms with van der Waals surface area (Å²) in [5.41, 5.74) is 0. The van der Waals surface area contributed by atoms with Crippen LogP contribution in [0, 0.1) is 0 Å². The van der Waals surface area contributed by atoms with Crippen LogP contribution in [0.15, 0.2) is 24.3 Å². The third-order valence-corrected chi connectivity index (χ3v) is 3.19. The summed E-state index contributed by atoms with van der Waals surface area (Å²) in [4.78, 5) is 13.8. The van der Waals surface area contributed by atoms with Crippen LogP contribution in [0.4, 0.5) is 0 Å². The van der Waals surface area contributed by atoms with Crippen molar-refractivity contribution in [1.29, 1.82) is 0 Å². The Morgan fingerprint density at radius 2 is 1.86 bits per heavy atom. The van der Waals surface area contributed by atoms with Crippen LogP contribution in [0.25, 0.3) is 0 Å². The van der Waals surface area contributed by atoms with Crippen LogP contribution >= 0.6 is 0 Å². The Bertz CT molecular complexity index is 428. The first kappa shape index (κ1) is 15.6. The third kappa shape index (κ3) is 5.61. The van der Waals surface area contributed by atoms with Gasteiger partial charge in [0.2, 0.25) is 0 Å². The molecule has 1 fully saturated rings. The van der Waals surface area contributed by atoms with Crippen LogP contribution in [0.2, 0.25) is 0 Å². The van der Waals surface area contributed by atoms with Crippen molar-refractivity contribution in [1.82, 2.24) is 4.90 Å². The summed E-state index contributed by atoms with van der Waals surface area (Å²) in [6, 6.07) is 7.05. The lowest BCUT2D eigenvalue weighted by atomic mass is 10.3. The van der Waals surface area contributed by atoms with Crippen LogP contribution in [0.1, 0.15) is 0 Å². The fraction of sp³-hybridized carbons (Fsp3) is 0.533. The number of morpholine rings is 1. The van der Waals surface area contributed by atoms with Gasteiger partial charge in [0.25, 0.3) is 0 Å². The number of benzene rings is 1. The number of carbonyl (C=O) groups excluding carboxylic acids is 1. The summed E-state index contributed by atoms with van der Waals surface area (Å²) < 4.78 is 20.8. The molecule has 0 aromatic heterocycles. The molecule has 1 aromatic rings. The van der Waals surface area contributed by atoms with E-state index >= 15 is 0 Å². The quantitative estimate of drug-likeness (QED) is 0.698. The van der Waals surface area contributed by atoms with Crippen LogP contribution < -0.4 is 9.47 Å². The van der Waals surface area contributed by atoms with Crippen molar-refractivity contribution in [3.05, 3.63) is 24.3 Å². The summed E-state index contributed by atoms with van der Waals surface area (Å²) in [5, 5.41) is 0. The molecule has 0 aliphatic carbocycles. The molecule has 0 atom stereocenters. The zero-order chi connectivity index (χ0) is 14.9. The zero-order valence-corrected chi connectivity index (χ0v) is 12.2. The van der Waals surface area contributed by atoms with E-state index < -0.39 is 0 Å². The molecular weight excluding hydrogens is 274 g/mol. The highest BCUT2D eigenvalue weighted by atomic mass is 16.6. The van der Waals surface area contributed by atoms with Gasteiger partial charge in [-0.25, -0.2) is 4.79 Å². The number of ether oxygens (including phenoxy) is 4. The molecule has 6 heteroatoms. The Kier molecular flexibility index (Phi) is 6.30. The van der Waals surface area contributed by atoms with Crippen molar-refractivity contribution in [2.24, 2.45) is 0 Å². The molecule has 0 bridgehead atoms. The fourth-order valence-electron chi connectivity index (χ4n) is 1.97. The van der Waals surface area contributed by atoms with Gasteiger partial charge >= 0.3 is 5.97 Å². The largest absolute Gasteiger partial charge is 0.497 e. The maximum absolute atomic E-state index is 11.6. The molecule has 1 heterocycles. The molecule has 0 unspecified atom stereocenters. The molecule has 1 aromatic carbocycles. The van der Waals surface area contributed by atoms with E-state index in [9.17, 15) is 4.79 Å². The summed E-state index contributed by atoms with van der Waals surface area (Å²) in [7, 11) is 1.60. The van der Waals surface area contributed by atoms with Crippen molar-refractivity contribution < 1.29 is 23.7 Å². The molecule has 116 valence electrons. The Balaban J connectivity index is 1.60. The Morgan fingerprint density at radius 3 is 2.52 bits per heavy atom. The summed E-state index contributed by atoms with van der Waals surface area (Å²) in [5.74, 6) is 0.996. The van der Waals surface area contributed by atoms with Gasteiger partial charge in [0, 0.05) is 19.6 Å². The van der Waals surface area contributed by atoms with E-state index in [0.717, 1.165) is 38.6 Å². The van der Waals surface area contributed by atoms with Gasteiger partial charge in [0.15, 0.2) is 6.61 Å². The summed E-state index contributed by atoms with van der Waals surface area (Å²) >= 11 is 0. The molecule has 1 aliphatic rings. The maximum Gasteiger partial charge on any atom is 0.344 e. The number of methoxy groups -OCH3 is 1. The molecule has 0 spiro atoms. The van der Waals surface area contributed by atoms with Crippen LogP contribution in [-0.4, -0.2) is 64.0 Å². The highest BCUT2D eigenvalue weighted by Gasteiger charge is 2.11. The number of nitrogens with zero attached hydrogens (tertiary/aromatic N) is 1. The van der Waals surface area contributed by atoms with Crippen LogP contribution in [0.3, 0.4) is 0 Å². The third-order valence-electron chi connectivity index (χ3n) is 3.19. The number of rotatable bonds is 7. The lowest BCUT2D eigenvalue weighted by molar-refractivity contribution is -0.146. The van der Waals surface area contributed by atoms with Crippen molar-refractivity contribution in [3.8, 4) is 11.5 Å². The number of hydrogen-bond acceptors (Lipinski definition) is 6. The van der Waals surface area contributed by atoms with Crippen LogP contribution in [0.5, 0.6) is 11.5 Å². The molecule has 21 heavy (non-hydrogen) atoms. The summed E-state index contributed by atoms with van der Waals surface area (Å²) in [6.45, 7) is 4.29. The van der Waals surface area contributed by atoms with Crippen molar-refractivity contribution in [2.75, 3.05) is 53.2 Å². The molecule has 0 N–H and O–H groups in total. The normalized spacial score (nSPS) is 15.5. The number of hydrogen-bond donors (Lipinski definition) is 0. The predicted molar refractivity (Wildman–Crippen MR) is 76.7 cm³/mol. The smallest absolute Gasteiger partial charge is 0.344 e. The molecule has 6 nitrogen and oxygen atoms in total. The first-order chi connectivity index (χ1) is 10.3. The van der Waals surface area contributed by atoms with Gasteiger partial charge in [-0.05, 0) is 24.3 Å². The average Bonchev–Trinajstić information content (AvgIpc) is 2.54. The highest BCUT2D eigenvalue weighted by molar-refractivity contribution is 5.71. The van der Waals surface area contributed by atoms with Gasteiger partial charge in [0.1, 0.15) is 18.1 Å². The van der Waals surface area contributed by atoms with Crippen molar-refractivity contribution >= 4 is 5.97 Å². The highest BCUT2D eigenvalue weighted by Crippen LogP contribution is 2.16. The molecular formula is C15H21NO5. The minimum atomic E-state index is -0.362. The maximum atomic E-state index is 11.6. The SMILES string of the molecule is COc1ccc(OCC(=O)OCCN2CCOCC2)cc1.